The summed E-state index contributed by atoms with van der Waals surface area (Å²) in [5.74, 6) is -0.913. The van der Waals surface area contributed by atoms with E-state index in [-0.39, 0.29) is 24.3 Å². The van der Waals surface area contributed by atoms with Gasteiger partial charge in [-0.05, 0) is 19.1 Å². The van der Waals surface area contributed by atoms with Crippen LogP contribution >= 0.6 is 11.3 Å². The molecule has 1 fully saturated rings. The number of nitrogens with one attached hydrogen (secondary N) is 1. The minimum Gasteiger partial charge on any atom is -0.466 e. The number of carbonyl (C=O) groups excluding carboxylic acids is 2. The van der Waals surface area contributed by atoms with Crippen LogP contribution in [-0.4, -0.2) is 54.7 Å². The Labute approximate surface area is 170 Å². The zero-order valence-electron chi connectivity index (χ0n) is 15.8. The highest BCUT2D eigenvalue weighted by Gasteiger charge is 2.23. The molecule has 0 radical (unpaired) electrons. The average Bonchev–Trinajstić information content (AvgIpc) is 3.14. The number of esters is 1. The van der Waals surface area contributed by atoms with Crippen molar-refractivity contribution in [2.24, 2.45) is 0 Å². The van der Waals surface area contributed by atoms with Crippen molar-refractivity contribution in [2.45, 2.75) is 13.3 Å². The van der Waals surface area contributed by atoms with Gasteiger partial charge in [0.2, 0.25) is 0 Å². The molecular formula is C18H20N4O6S. The van der Waals surface area contributed by atoms with Crippen molar-refractivity contribution in [3.8, 4) is 0 Å². The molecule has 1 N–H and O–H groups in total. The molecule has 1 amide bonds. The van der Waals surface area contributed by atoms with Crippen molar-refractivity contribution in [2.75, 3.05) is 43.1 Å². The second kappa shape index (κ2) is 9.43. The molecule has 0 aliphatic carbocycles. The van der Waals surface area contributed by atoms with Crippen molar-refractivity contribution in [3.05, 3.63) is 45.0 Å². The van der Waals surface area contributed by atoms with Gasteiger partial charge in [-0.2, -0.15) is 0 Å². The molecular weight excluding hydrogens is 400 g/mol. The lowest BCUT2D eigenvalue weighted by molar-refractivity contribution is -0.384. The number of morpholine rings is 1. The first-order valence-corrected chi connectivity index (χ1v) is 9.88. The molecule has 0 spiro atoms. The van der Waals surface area contributed by atoms with Crippen LogP contribution in [0.2, 0.25) is 0 Å². The Morgan fingerprint density at radius 2 is 2.14 bits per heavy atom. The molecule has 11 heteroatoms. The lowest BCUT2D eigenvalue weighted by atomic mass is 10.1. The largest absolute Gasteiger partial charge is 0.466 e. The van der Waals surface area contributed by atoms with Crippen molar-refractivity contribution in [1.82, 2.24) is 4.98 Å². The smallest absolute Gasteiger partial charge is 0.311 e. The van der Waals surface area contributed by atoms with Gasteiger partial charge in [0.1, 0.15) is 5.69 Å². The summed E-state index contributed by atoms with van der Waals surface area (Å²) in [7, 11) is 0. The SMILES string of the molecule is CCOC(=O)Cc1csc(NC(=O)c2ccc(N3CCOCC3)c([N+](=O)[O-])c2)n1. The normalized spacial score (nSPS) is 13.8. The third-order valence-electron chi connectivity index (χ3n) is 4.19. The standard InChI is InChI=1S/C18H20N4O6S/c1-2-28-16(23)10-13-11-29-18(19-13)20-17(24)12-3-4-14(15(9-12)22(25)26)21-5-7-27-8-6-21/h3-4,9,11H,2,5-8,10H2,1H3,(H,19,20,24). The van der Waals surface area contributed by atoms with Gasteiger partial charge in [0.15, 0.2) is 5.13 Å². The molecule has 2 heterocycles. The van der Waals surface area contributed by atoms with Crippen LogP contribution in [0.15, 0.2) is 23.6 Å². The van der Waals surface area contributed by atoms with E-state index in [2.05, 4.69) is 10.3 Å². The molecule has 2 aromatic rings. The van der Waals surface area contributed by atoms with Crippen molar-refractivity contribution >= 4 is 39.7 Å². The third kappa shape index (κ3) is 5.27. The van der Waals surface area contributed by atoms with Gasteiger partial charge < -0.3 is 14.4 Å². The molecule has 154 valence electrons. The molecule has 1 aliphatic rings. The highest BCUT2D eigenvalue weighted by molar-refractivity contribution is 7.14. The summed E-state index contributed by atoms with van der Waals surface area (Å²) in [6.45, 7) is 4.10. The Morgan fingerprint density at radius 1 is 1.38 bits per heavy atom. The van der Waals surface area contributed by atoms with E-state index < -0.39 is 16.8 Å². The topological polar surface area (TPSA) is 124 Å². The lowest BCUT2D eigenvalue weighted by Crippen LogP contribution is -2.36. The van der Waals surface area contributed by atoms with Gasteiger partial charge in [-0.15, -0.1) is 11.3 Å². The van der Waals surface area contributed by atoms with E-state index in [0.717, 1.165) is 11.3 Å². The summed E-state index contributed by atoms with van der Waals surface area (Å²) in [5, 5.41) is 16.1. The first-order valence-electron chi connectivity index (χ1n) is 9.00. The van der Waals surface area contributed by atoms with E-state index in [4.69, 9.17) is 9.47 Å². The summed E-state index contributed by atoms with van der Waals surface area (Å²) >= 11 is 1.16. The Bertz CT molecular complexity index is 910. The third-order valence-corrected chi connectivity index (χ3v) is 5.00. The van der Waals surface area contributed by atoms with E-state index in [9.17, 15) is 19.7 Å². The molecule has 1 aromatic heterocycles. The van der Waals surface area contributed by atoms with Crippen LogP contribution in [-0.2, 0) is 20.7 Å². The zero-order valence-corrected chi connectivity index (χ0v) is 16.6. The molecule has 29 heavy (non-hydrogen) atoms. The highest BCUT2D eigenvalue weighted by Crippen LogP contribution is 2.30. The molecule has 0 saturated carbocycles. The number of nitrogens with zero attached hydrogens (tertiary/aromatic N) is 3. The Balaban J connectivity index is 1.72. The van der Waals surface area contributed by atoms with Crippen molar-refractivity contribution < 1.29 is 24.0 Å². The van der Waals surface area contributed by atoms with Crippen LogP contribution in [0.1, 0.15) is 23.0 Å². The number of benzene rings is 1. The minimum atomic E-state index is -0.515. The Kier molecular flexibility index (Phi) is 6.73. The number of aromatic nitrogens is 1. The summed E-state index contributed by atoms with van der Waals surface area (Å²) in [6, 6.07) is 4.37. The Morgan fingerprint density at radius 3 is 2.83 bits per heavy atom. The number of anilines is 2. The quantitative estimate of drug-likeness (QED) is 0.411. The van der Waals surface area contributed by atoms with Crippen LogP contribution in [0.5, 0.6) is 0 Å². The second-order valence-corrected chi connectivity index (χ2v) is 7.00. The molecule has 0 atom stereocenters. The maximum Gasteiger partial charge on any atom is 0.311 e. The fraction of sp³-hybridized carbons (Fsp3) is 0.389. The van der Waals surface area contributed by atoms with Crippen molar-refractivity contribution in [1.29, 1.82) is 0 Å². The van der Waals surface area contributed by atoms with Crippen LogP contribution in [0, 0.1) is 10.1 Å². The van der Waals surface area contributed by atoms with E-state index in [1.165, 1.54) is 6.07 Å². The van der Waals surface area contributed by atoms with Crippen LogP contribution in [0.25, 0.3) is 0 Å². The van der Waals surface area contributed by atoms with Gasteiger partial charge in [0, 0.05) is 30.1 Å². The number of amides is 1. The summed E-state index contributed by atoms with van der Waals surface area (Å²) < 4.78 is 10.1. The van der Waals surface area contributed by atoms with E-state index in [0.29, 0.717) is 42.8 Å². The second-order valence-electron chi connectivity index (χ2n) is 6.14. The predicted molar refractivity (Wildman–Crippen MR) is 107 cm³/mol. The summed E-state index contributed by atoms with van der Waals surface area (Å²) in [6.07, 6.45) is 0.0138. The van der Waals surface area contributed by atoms with Gasteiger partial charge >= 0.3 is 5.97 Å². The zero-order chi connectivity index (χ0) is 20.8. The number of ether oxygens (including phenoxy) is 2. The van der Waals surface area contributed by atoms with Crippen LogP contribution < -0.4 is 10.2 Å². The van der Waals surface area contributed by atoms with E-state index in [1.54, 1.807) is 24.4 Å². The first kappa shape index (κ1) is 20.7. The summed E-state index contributed by atoms with van der Waals surface area (Å²) in [4.78, 5) is 41.1. The number of carbonyl (C=O) groups is 2. The van der Waals surface area contributed by atoms with Crippen LogP contribution in [0.3, 0.4) is 0 Å². The maximum atomic E-state index is 12.5. The average molecular weight is 420 g/mol. The Hall–Kier alpha value is -3.05. The van der Waals surface area contributed by atoms with Gasteiger partial charge in [0.25, 0.3) is 11.6 Å². The van der Waals surface area contributed by atoms with E-state index >= 15 is 0 Å². The first-order chi connectivity index (χ1) is 14.0. The van der Waals surface area contributed by atoms with Gasteiger partial charge in [-0.25, -0.2) is 4.98 Å². The fourth-order valence-corrected chi connectivity index (χ4v) is 3.56. The molecule has 1 aromatic carbocycles. The molecule has 0 unspecified atom stereocenters. The molecule has 1 aliphatic heterocycles. The highest BCUT2D eigenvalue weighted by atomic mass is 32.1. The van der Waals surface area contributed by atoms with Crippen LogP contribution in [0.4, 0.5) is 16.5 Å². The molecule has 1 saturated heterocycles. The summed E-state index contributed by atoms with van der Waals surface area (Å²) in [5.41, 5.74) is 0.954. The number of nitro benzene ring substituents is 1. The monoisotopic (exact) mass is 420 g/mol. The number of hydrogen-bond donors (Lipinski definition) is 1. The van der Waals surface area contributed by atoms with Gasteiger partial charge in [-0.1, -0.05) is 0 Å². The number of rotatable bonds is 7. The van der Waals surface area contributed by atoms with Crippen molar-refractivity contribution in [3.63, 3.8) is 0 Å². The molecule has 0 bridgehead atoms. The lowest BCUT2D eigenvalue weighted by Gasteiger charge is -2.28. The maximum absolute atomic E-state index is 12.5. The minimum absolute atomic E-state index is 0.0138. The molecule has 10 nitrogen and oxygen atoms in total. The number of thiazole rings is 1. The molecule has 3 rings (SSSR count). The number of nitro groups is 1. The number of hydrogen-bond acceptors (Lipinski definition) is 9. The van der Waals surface area contributed by atoms with Gasteiger partial charge in [0.05, 0.1) is 36.9 Å². The predicted octanol–water partition coefficient (Wildman–Crippen LogP) is 2.25. The van der Waals surface area contributed by atoms with Gasteiger partial charge in [-0.3, -0.25) is 25.0 Å². The fourth-order valence-electron chi connectivity index (χ4n) is 2.86. The van der Waals surface area contributed by atoms with E-state index in [1.807, 2.05) is 4.90 Å².